The van der Waals surface area contributed by atoms with Gasteiger partial charge in [-0.15, -0.1) is 24.0 Å². The molecule has 0 spiro atoms. The van der Waals surface area contributed by atoms with E-state index in [2.05, 4.69) is 15.6 Å². The molecule has 0 aliphatic rings. The van der Waals surface area contributed by atoms with Crippen molar-refractivity contribution in [2.75, 3.05) is 6.54 Å². The number of rotatable bonds is 6. The predicted molar refractivity (Wildman–Crippen MR) is 98.1 cm³/mol. The fourth-order valence-corrected chi connectivity index (χ4v) is 1.96. The zero-order valence-corrected chi connectivity index (χ0v) is 14.9. The molecular formula is C16H22IN3O2. The molecule has 0 saturated heterocycles. The molecule has 2 rings (SSSR count). The molecule has 2 aromatic rings. The lowest BCUT2D eigenvalue weighted by Gasteiger charge is -2.11. The highest BCUT2D eigenvalue weighted by molar-refractivity contribution is 14.0. The van der Waals surface area contributed by atoms with Crippen molar-refractivity contribution in [3.8, 4) is 0 Å². The van der Waals surface area contributed by atoms with Gasteiger partial charge in [0.2, 0.25) is 0 Å². The van der Waals surface area contributed by atoms with Crippen LogP contribution < -0.4 is 10.6 Å². The molecule has 0 atom stereocenters. The van der Waals surface area contributed by atoms with Crippen molar-refractivity contribution < 1.29 is 9.52 Å². The van der Waals surface area contributed by atoms with Crippen LogP contribution in [0.25, 0.3) is 0 Å². The van der Waals surface area contributed by atoms with Gasteiger partial charge in [0, 0.05) is 6.54 Å². The van der Waals surface area contributed by atoms with Crippen molar-refractivity contribution in [1.29, 1.82) is 0 Å². The van der Waals surface area contributed by atoms with E-state index in [0.717, 1.165) is 29.4 Å². The Hall–Kier alpha value is -1.54. The van der Waals surface area contributed by atoms with Gasteiger partial charge in [0.05, 0.1) is 26.0 Å². The molecule has 0 aliphatic carbocycles. The molecular weight excluding hydrogens is 393 g/mol. The van der Waals surface area contributed by atoms with Crippen LogP contribution in [0, 0.1) is 0 Å². The van der Waals surface area contributed by atoms with Gasteiger partial charge in [-0.25, -0.2) is 4.99 Å². The molecule has 0 aliphatic heterocycles. The van der Waals surface area contributed by atoms with Crippen molar-refractivity contribution in [3.05, 3.63) is 59.5 Å². The van der Waals surface area contributed by atoms with E-state index < -0.39 is 0 Å². The highest BCUT2D eigenvalue weighted by Crippen LogP contribution is 2.09. The van der Waals surface area contributed by atoms with E-state index in [1.54, 1.807) is 6.26 Å². The third-order valence-corrected chi connectivity index (χ3v) is 3.05. The quantitative estimate of drug-likeness (QED) is 0.386. The number of aliphatic hydroxyl groups is 1. The Bertz CT molecular complexity index is 571. The molecule has 0 unspecified atom stereocenters. The molecule has 120 valence electrons. The second kappa shape index (κ2) is 10.2. The summed E-state index contributed by atoms with van der Waals surface area (Å²) in [5, 5.41) is 15.7. The fraction of sp³-hybridized carbons (Fsp3) is 0.312. The Morgan fingerprint density at radius 3 is 2.55 bits per heavy atom. The smallest absolute Gasteiger partial charge is 0.191 e. The predicted octanol–water partition coefficient (Wildman–Crippen LogP) is 2.65. The first-order valence-corrected chi connectivity index (χ1v) is 7.05. The van der Waals surface area contributed by atoms with Crippen LogP contribution in [0.15, 0.2) is 52.1 Å². The van der Waals surface area contributed by atoms with Gasteiger partial charge < -0.3 is 20.2 Å². The molecule has 1 heterocycles. The van der Waals surface area contributed by atoms with Gasteiger partial charge in [-0.2, -0.15) is 0 Å². The Morgan fingerprint density at radius 1 is 1.14 bits per heavy atom. The summed E-state index contributed by atoms with van der Waals surface area (Å²) in [4.78, 5) is 4.53. The highest BCUT2D eigenvalue weighted by atomic mass is 127. The largest absolute Gasteiger partial charge is 0.467 e. The number of nitrogens with one attached hydrogen (secondary N) is 2. The first kappa shape index (κ1) is 18.5. The van der Waals surface area contributed by atoms with Crippen molar-refractivity contribution in [2.45, 2.75) is 26.6 Å². The van der Waals surface area contributed by atoms with Gasteiger partial charge in [-0.05, 0) is 30.2 Å². The van der Waals surface area contributed by atoms with Crippen LogP contribution in [0.5, 0.6) is 0 Å². The minimum Gasteiger partial charge on any atom is -0.467 e. The minimum absolute atomic E-state index is 0. The van der Waals surface area contributed by atoms with Crippen LogP contribution in [0.3, 0.4) is 0 Å². The van der Waals surface area contributed by atoms with E-state index in [-0.39, 0.29) is 30.6 Å². The summed E-state index contributed by atoms with van der Waals surface area (Å²) >= 11 is 0. The van der Waals surface area contributed by atoms with Gasteiger partial charge in [0.25, 0.3) is 0 Å². The third kappa shape index (κ3) is 5.69. The van der Waals surface area contributed by atoms with Gasteiger partial charge in [0.15, 0.2) is 5.96 Å². The van der Waals surface area contributed by atoms with Crippen LogP contribution in [0.4, 0.5) is 0 Å². The summed E-state index contributed by atoms with van der Waals surface area (Å²) in [6.07, 6.45) is 1.65. The zero-order chi connectivity index (χ0) is 14.9. The third-order valence-electron chi connectivity index (χ3n) is 3.05. The van der Waals surface area contributed by atoms with Gasteiger partial charge in [0.1, 0.15) is 5.76 Å². The normalized spacial score (nSPS) is 10.9. The Balaban J connectivity index is 0.00000242. The van der Waals surface area contributed by atoms with E-state index in [1.165, 1.54) is 0 Å². The maximum Gasteiger partial charge on any atom is 0.191 e. The number of nitrogens with zero attached hydrogens (tertiary/aromatic N) is 1. The molecule has 6 heteroatoms. The fourth-order valence-electron chi connectivity index (χ4n) is 1.96. The van der Waals surface area contributed by atoms with Crippen molar-refractivity contribution in [1.82, 2.24) is 10.6 Å². The van der Waals surface area contributed by atoms with Crippen LogP contribution in [-0.2, 0) is 19.7 Å². The molecule has 22 heavy (non-hydrogen) atoms. The molecule has 5 nitrogen and oxygen atoms in total. The number of halogens is 1. The van der Waals surface area contributed by atoms with Crippen LogP contribution in [0.1, 0.15) is 23.8 Å². The lowest BCUT2D eigenvalue weighted by Crippen LogP contribution is -2.36. The standard InChI is InChI=1S/C16H21N3O2.HI/c1-2-17-16(19-11-15-8-5-9-21-15)18-10-13-6-3-4-7-14(13)12-20;/h3-9,20H,2,10-12H2,1H3,(H2,17,18,19);1H. The highest BCUT2D eigenvalue weighted by Gasteiger charge is 2.02. The topological polar surface area (TPSA) is 69.8 Å². The molecule has 0 fully saturated rings. The summed E-state index contributed by atoms with van der Waals surface area (Å²) in [7, 11) is 0. The van der Waals surface area contributed by atoms with E-state index >= 15 is 0 Å². The lowest BCUT2D eigenvalue weighted by atomic mass is 10.1. The van der Waals surface area contributed by atoms with Crippen molar-refractivity contribution in [2.24, 2.45) is 4.99 Å². The maximum atomic E-state index is 9.32. The number of aliphatic imine (C=N–C) groups is 1. The molecule has 0 radical (unpaired) electrons. The van der Waals surface area contributed by atoms with Crippen molar-refractivity contribution in [3.63, 3.8) is 0 Å². The van der Waals surface area contributed by atoms with Gasteiger partial charge >= 0.3 is 0 Å². The molecule has 3 N–H and O–H groups in total. The average Bonchev–Trinajstić information content (AvgIpc) is 3.03. The van der Waals surface area contributed by atoms with Crippen LogP contribution in [-0.4, -0.2) is 17.6 Å². The number of guanidine groups is 1. The summed E-state index contributed by atoms with van der Waals surface area (Å²) in [5.41, 5.74) is 1.93. The Labute approximate surface area is 147 Å². The Kier molecular flexibility index (Phi) is 8.61. The minimum atomic E-state index is 0. The SMILES string of the molecule is CCNC(=NCc1ccccc1CO)NCc1ccco1.I. The second-order valence-electron chi connectivity index (χ2n) is 4.55. The summed E-state index contributed by atoms with van der Waals surface area (Å²) < 4.78 is 5.28. The second-order valence-corrected chi connectivity index (χ2v) is 4.55. The van der Waals surface area contributed by atoms with Crippen molar-refractivity contribution >= 4 is 29.9 Å². The summed E-state index contributed by atoms with van der Waals surface area (Å²) in [6, 6.07) is 11.5. The van der Waals surface area contributed by atoms with Crippen LogP contribution in [0.2, 0.25) is 0 Å². The number of hydrogen-bond acceptors (Lipinski definition) is 3. The first-order valence-electron chi connectivity index (χ1n) is 7.05. The number of aliphatic hydroxyl groups excluding tert-OH is 1. The molecule has 1 aromatic heterocycles. The van der Waals surface area contributed by atoms with E-state index in [0.29, 0.717) is 13.1 Å². The van der Waals surface area contributed by atoms with Gasteiger partial charge in [-0.3, -0.25) is 0 Å². The van der Waals surface area contributed by atoms with E-state index in [9.17, 15) is 5.11 Å². The summed E-state index contributed by atoms with van der Waals surface area (Å²) in [6.45, 7) is 3.93. The monoisotopic (exact) mass is 415 g/mol. The molecule has 0 saturated carbocycles. The number of furan rings is 1. The summed E-state index contributed by atoms with van der Waals surface area (Å²) in [5.74, 6) is 1.58. The maximum absolute atomic E-state index is 9.32. The van der Waals surface area contributed by atoms with Crippen LogP contribution >= 0.6 is 24.0 Å². The lowest BCUT2D eigenvalue weighted by molar-refractivity contribution is 0.280. The zero-order valence-electron chi connectivity index (χ0n) is 12.6. The number of hydrogen-bond donors (Lipinski definition) is 3. The average molecular weight is 415 g/mol. The Morgan fingerprint density at radius 2 is 1.91 bits per heavy atom. The molecule has 1 aromatic carbocycles. The number of benzene rings is 1. The van der Waals surface area contributed by atoms with E-state index in [4.69, 9.17) is 4.42 Å². The first-order chi connectivity index (χ1) is 10.3. The molecule has 0 amide bonds. The molecule has 0 bridgehead atoms. The van der Waals surface area contributed by atoms with E-state index in [1.807, 2.05) is 43.3 Å². The van der Waals surface area contributed by atoms with Gasteiger partial charge in [-0.1, -0.05) is 24.3 Å².